The zero-order chi connectivity index (χ0) is 25.0. The molecule has 3 N–H and O–H groups in total. The van der Waals surface area contributed by atoms with Crippen LogP contribution in [0.5, 0.6) is 5.75 Å². The molecule has 10 heteroatoms. The fourth-order valence-corrected chi connectivity index (χ4v) is 3.84. The number of methoxy groups -OCH3 is 1. The molecule has 0 saturated carbocycles. The molecule has 182 valence electrons. The van der Waals surface area contributed by atoms with Gasteiger partial charge in [-0.05, 0) is 42.7 Å². The van der Waals surface area contributed by atoms with Gasteiger partial charge in [0, 0.05) is 44.6 Å². The number of imidazole rings is 1. The number of aromatic nitrogens is 3. The summed E-state index contributed by atoms with van der Waals surface area (Å²) in [5.74, 6) is 0.825. The fraction of sp³-hybridized carbons (Fsp3) is 0.333. The second-order valence-corrected chi connectivity index (χ2v) is 7.69. The molecule has 0 atom stereocenters. The number of likely N-dealkylation sites (tertiary alicyclic amines) is 1. The van der Waals surface area contributed by atoms with Gasteiger partial charge < -0.3 is 24.6 Å². The van der Waals surface area contributed by atoms with Gasteiger partial charge in [-0.2, -0.15) is 0 Å². The van der Waals surface area contributed by atoms with E-state index < -0.39 is 5.60 Å². The molecule has 1 aliphatic rings. The molecule has 0 spiro atoms. The van der Waals surface area contributed by atoms with E-state index in [1.807, 2.05) is 42.1 Å². The highest BCUT2D eigenvalue weighted by Gasteiger charge is 2.35. The van der Waals surface area contributed by atoms with E-state index in [1.165, 1.54) is 5.56 Å². The lowest BCUT2D eigenvalue weighted by molar-refractivity contribution is -0.123. The molecule has 1 aromatic carbocycles. The van der Waals surface area contributed by atoms with Crippen LogP contribution in [0.2, 0.25) is 0 Å². The Morgan fingerprint density at radius 1 is 1.09 bits per heavy atom. The summed E-state index contributed by atoms with van der Waals surface area (Å²) >= 11 is 0. The van der Waals surface area contributed by atoms with Crippen LogP contribution in [0, 0.1) is 0 Å². The van der Waals surface area contributed by atoms with Crippen molar-refractivity contribution < 1.29 is 29.6 Å². The third-order valence-corrected chi connectivity index (χ3v) is 5.48. The van der Waals surface area contributed by atoms with Gasteiger partial charge in [0.05, 0.1) is 24.8 Å². The number of carbonyl (C=O) groups is 2. The standard InChI is InChI=1S/C22H26N4O2.2CH2O2/c1-25-15-19(24-16-25)18-13-17(6-7-20(18)28-2)14-26-11-8-22(27,9-12-26)21-5-3-4-10-23-21;2*2-1-3/h3-7,10,13,15-16,27H,8-9,11-12,14H2,1-2H3;2*1H,(H,2,3). The normalized spacial score (nSPS) is 14.6. The predicted octanol–water partition coefficient (Wildman–Crippen LogP) is 2.38. The molecule has 1 fully saturated rings. The number of hydrogen-bond donors (Lipinski definition) is 3. The summed E-state index contributed by atoms with van der Waals surface area (Å²) in [6, 6.07) is 12.0. The second-order valence-electron chi connectivity index (χ2n) is 7.69. The monoisotopic (exact) mass is 470 g/mol. The molecule has 4 rings (SSSR count). The molecule has 2 aromatic heterocycles. The highest BCUT2D eigenvalue weighted by Crippen LogP contribution is 2.33. The SMILES string of the molecule is COc1ccc(CN2CCC(O)(c3ccccn3)CC2)cc1-c1cn(C)cn1.O=CO.O=CO. The minimum absolute atomic E-state index is 0.250. The topological polar surface area (TPSA) is 138 Å². The first-order valence-electron chi connectivity index (χ1n) is 10.6. The van der Waals surface area contributed by atoms with Crippen molar-refractivity contribution in [1.82, 2.24) is 19.4 Å². The van der Waals surface area contributed by atoms with Gasteiger partial charge in [0.25, 0.3) is 12.9 Å². The van der Waals surface area contributed by atoms with Crippen LogP contribution in [0.25, 0.3) is 11.3 Å². The molecular weight excluding hydrogens is 440 g/mol. The summed E-state index contributed by atoms with van der Waals surface area (Å²) < 4.78 is 7.46. The number of ether oxygens (including phenoxy) is 1. The van der Waals surface area contributed by atoms with Crippen molar-refractivity contribution in [3.05, 3.63) is 66.4 Å². The summed E-state index contributed by atoms with van der Waals surface area (Å²) in [6.07, 6.45) is 6.91. The Balaban J connectivity index is 0.000000618. The zero-order valence-corrected chi connectivity index (χ0v) is 19.2. The first kappa shape index (κ1) is 26.5. The fourth-order valence-electron chi connectivity index (χ4n) is 3.84. The van der Waals surface area contributed by atoms with Gasteiger partial charge in [0.2, 0.25) is 0 Å². The Morgan fingerprint density at radius 3 is 2.29 bits per heavy atom. The van der Waals surface area contributed by atoms with Crippen molar-refractivity contribution in [3.63, 3.8) is 0 Å². The van der Waals surface area contributed by atoms with Crippen molar-refractivity contribution in [2.24, 2.45) is 7.05 Å². The molecule has 0 amide bonds. The van der Waals surface area contributed by atoms with E-state index in [1.54, 1.807) is 19.6 Å². The second kappa shape index (κ2) is 13.1. The number of piperidine rings is 1. The Morgan fingerprint density at radius 2 is 1.76 bits per heavy atom. The Labute approximate surface area is 198 Å². The molecule has 0 aliphatic carbocycles. The molecule has 1 saturated heterocycles. The molecular formula is C24H30N4O6. The summed E-state index contributed by atoms with van der Waals surface area (Å²) in [5.41, 5.74) is 3.07. The zero-order valence-electron chi connectivity index (χ0n) is 19.2. The van der Waals surface area contributed by atoms with E-state index in [4.69, 9.17) is 24.5 Å². The summed E-state index contributed by atoms with van der Waals surface area (Å²) in [5, 5.41) is 24.8. The van der Waals surface area contributed by atoms with Gasteiger partial charge in [-0.3, -0.25) is 19.5 Å². The average molecular weight is 471 g/mol. The van der Waals surface area contributed by atoms with Crippen molar-refractivity contribution in [1.29, 1.82) is 0 Å². The lowest BCUT2D eigenvalue weighted by Gasteiger charge is -2.37. The smallest absolute Gasteiger partial charge is 0.290 e. The molecule has 10 nitrogen and oxygen atoms in total. The molecule has 34 heavy (non-hydrogen) atoms. The third kappa shape index (κ3) is 7.12. The average Bonchev–Trinajstić information content (AvgIpc) is 3.28. The summed E-state index contributed by atoms with van der Waals surface area (Å²) in [6.45, 7) is 2.00. The Bertz CT molecular complexity index is 1030. The van der Waals surface area contributed by atoms with Crippen LogP contribution in [0.15, 0.2) is 55.1 Å². The van der Waals surface area contributed by atoms with Gasteiger partial charge in [-0.15, -0.1) is 0 Å². The number of carboxylic acid groups (broad SMARTS) is 2. The quantitative estimate of drug-likeness (QED) is 0.480. The first-order chi connectivity index (χ1) is 16.4. The van der Waals surface area contributed by atoms with Gasteiger partial charge in [-0.25, -0.2) is 4.98 Å². The number of rotatable bonds is 5. The van der Waals surface area contributed by atoms with Gasteiger partial charge >= 0.3 is 0 Å². The van der Waals surface area contributed by atoms with E-state index in [9.17, 15) is 5.11 Å². The first-order valence-corrected chi connectivity index (χ1v) is 10.6. The number of aryl methyl sites for hydroxylation is 1. The highest BCUT2D eigenvalue weighted by atomic mass is 16.5. The van der Waals surface area contributed by atoms with Crippen LogP contribution in [0.4, 0.5) is 0 Å². The van der Waals surface area contributed by atoms with Crippen molar-refractivity contribution in [2.75, 3.05) is 20.2 Å². The lowest BCUT2D eigenvalue weighted by atomic mass is 9.87. The lowest BCUT2D eigenvalue weighted by Crippen LogP contribution is -2.42. The summed E-state index contributed by atoms with van der Waals surface area (Å²) in [7, 11) is 3.65. The predicted molar refractivity (Wildman–Crippen MR) is 125 cm³/mol. The Hall–Kier alpha value is -3.76. The van der Waals surface area contributed by atoms with Gasteiger partial charge in [0.15, 0.2) is 0 Å². The third-order valence-electron chi connectivity index (χ3n) is 5.48. The van der Waals surface area contributed by atoms with E-state index in [2.05, 4.69) is 27.0 Å². The number of aliphatic hydroxyl groups is 1. The van der Waals surface area contributed by atoms with Crippen LogP contribution in [-0.4, -0.2) is 67.9 Å². The van der Waals surface area contributed by atoms with Crippen LogP contribution in [-0.2, 0) is 28.8 Å². The molecule has 0 unspecified atom stereocenters. The van der Waals surface area contributed by atoms with Crippen molar-refractivity contribution in [2.45, 2.75) is 25.0 Å². The minimum atomic E-state index is -0.823. The van der Waals surface area contributed by atoms with Crippen molar-refractivity contribution >= 4 is 12.9 Å². The van der Waals surface area contributed by atoms with Gasteiger partial charge in [0.1, 0.15) is 11.4 Å². The van der Waals surface area contributed by atoms with Crippen LogP contribution >= 0.6 is 0 Å². The van der Waals surface area contributed by atoms with Crippen LogP contribution < -0.4 is 4.74 Å². The van der Waals surface area contributed by atoms with E-state index in [-0.39, 0.29) is 12.9 Å². The highest BCUT2D eigenvalue weighted by molar-refractivity contribution is 5.67. The van der Waals surface area contributed by atoms with E-state index >= 15 is 0 Å². The molecule has 3 heterocycles. The maximum atomic E-state index is 11.0. The summed E-state index contributed by atoms with van der Waals surface area (Å²) in [4.78, 5) is 27.9. The minimum Gasteiger partial charge on any atom is -0.496 e. The maximum absolute atomic E-state index is 11.0. The van der Waals surface area contributed by atoms with Crippen LogP contribution in [0.1, 0.15) is 24.1 Å². The van der Waals surface area contributed by atoms with Crippen LogP contribution in [0.3, 0.4) is 0 Å². The molecule has 0 radical (unpaired) electrons. The van der Waals surface area contributed by atoms with Gasteiger partial charge in [-0.1, -0.05) is 12.1 Å². The number of benzene rings is 1. The van der Waals surface area contributed by atoms with Crippen molar-refractivity contribution in [3.8, 4) is 17.0 Å². The number of hydrogen-bond acceptors (Lipinski definition) is 7. The molecule has 0 bridgehead atoms. The Kier molecular flexibility index (Phi) is 10.2. The number of nitrogens with zero attached hydrogens (tertiary/aromatic N) is 4. The largest absolute Gasteiger partial charge is 0.496 e. The van der Waals surface area contributed by atoms with E-state index in [0.29, 0.717) is 12.8 Å². The molecule has 3 aromatic rings. The maximum Gasteiger partial charge on any atom is 0.290 e. The molecule has 1 aliphatic heterocycles. The number of pyridine rings is 1. The van der Waals surface area contributed by atoms with E-state index in [0.717, 1.165) is 42.3 Å².